The van der Waals surface area contributed by atoms with Crippen LogP contribution < -0.4 is 0 Å². The Morgan fingerprint density at radius 1 is 0.632 bits per heavy atom. The Bertz CT molecular complexity index is 983. The van der Waals surface area contributed by atoms with E-state index in [9.17, 15) is 0 Å². The molecule has 0 radical (unpaired) electrons. The fourth-order valence-electron chi connectivity index (χ4n) is 2.96. The van der Waals surface area contributed by atoms with Crippen molar-refractivity contribution in [3.05, 3.63) is 60.7 Å². The van der Waals surface area contributed by atoms with Crippen LogP contribution in [0.4, 0.5) is 0 Å². The molecule has 1 heteroatoms. The van der Waals surface area contributed by atoms with E-state index in [2.05, 4.69) is 60.7 Å². The van der Waals surface area contributed by atoms with Crippen LogP contribution in [0.3, 0.4) is 0 Å². The van der Waals surface area contributed by atoms with E-state index in [1.54, 1.807) is 0 Å². The lowest BCUT2D eigenvalue weighted by Gasteiger charge is -2.05. The van der Waals surface area contributed by atoms with Crippen molar-refractivity contribution in [1.82, 2.24) is 0 Å². The molecular weight excluding hydrogens is 248 g/mol. The Labute approximate surface area is 115 Å². The molecule has 4 aromatic rings. The molecule has 4 aromatic carbocycles. The summed E-state index contributed by atoms with van der Waals surface area (Å²) in [7, 11) is 0. The molecule has 0 nitrogen and oxygen atoms in total. The maximum Gasteiger partial charge on any atom is 0.0347 e. The number of benzene rings is 4. The second-order valence-corrected chi connectivity index (χ2v) is 6.13. The highest BCUT2D eigenvalue weighted by molar-refractivity contribution is 8.05. The largest absolute Gasteiger partial charge is 0.0870 e. The Hall–Kier alpha value is -1.99. The topological polar surface area (TPSA) is 0 Å². The lowest BCUT2D eigenvalue weighted by Crippen LogP contribution is -1.79. The number of fused-ring (bicyclic) bond motifs is 6. The molecule has 0 saturated heterocycles. The summed E-state index contributed by atoms with van der Waals surface area (Å²) in [5.41, 5.74) is 0. The second-order valence-electron chi connectivity index (χ2n) is 5.08. The summed E-state index contributed by atoms with van der Waals surface area (Å²) in [6.45, 7) is 0. The summed E-state index contributed by atoms with van der Waals surface area (Å²) in [5.74, 6) is 0. The van der Waals surface area contributed by atoms with E-state index in [1.807, 2.05) is 11.8 Å². The normalized spacial score (nSPS) is 13.1. The first-order valence-electron chi connectivity index (χ1n) is 6.46. The van der Waals surface area contributed by atoms with Crippen LogP contribution in [-0.4, -0.2) is 0 Å². The van der Waals surface area contributed by atoms with E-state index in [4.69, 9.17) is 0 Å². The summed E-state index contributed by atoms with van der Waals surface area (Å²) >= 11 is 1.91. The minimum Gasteiger partial charge on any atom is -0.0870 e. The second kappa shape index (κ2) is 3.31. The third-order valence-corrected chi connectivity index (χ3v) is 4.94. The van der Waals surface area contributed by atoms with Crippen LogP contribution >= 0.6 is 11.8 Å². The molecule has 0 aromatic heterocycles. The number of rotatable bonds is 0. The maximum atomic E-state index is 2.34. The summed E-state index contributed by atoms with van der Waals surface area (Å²) < 4.78 is 0. The first-order chi connectivity index (χ1) is 9.40. The van der Waals surface area contributed by atoms with Gasteiger partial charge in [0.1, 0.15) is 0 Å². The predicted octanol–water partition coefficient (Wildman–Crippen LogP) is 5.61. The minimum absolute atomic E-state index is 1.32. The smallest absolute Gasteiger partial charge is 0.0347 e. The van der Waals surface area contributed by atoms with Crippen LogP contribution in [0.5, 0.6) is 0 Å². The van der Waals surface area contributed by atoms with Crippen molar-refractivity contribution >= 4 is 44.1 Å². The van der Waals surface area contributed by atoms with Crippen LogP contribution in [-0.2, 0) is 0 Å². The average molecular weight is 258 g/mol. The number of hydrogen-bond donors (Lipinski definition) is 0. The van der Waals surface area contributed by atoms with Gasteiger partial charge in [-0.2, -0.15) is 0 Å². The van der Waals surface area contributed by atoms with E-state index < -0.39 is 0 Å². The molecule has 0 amide bonds. The highest BCUT2D eigenvalue weighted by atomic mass is 32.2. The Balaban J connectivity index is 2.07. The average Bonchev–Trinajstić information content (AvgIpc) is 3.24. The van der Waals surface area contributed by atoms with Gasteiger partial charge in [0, 0.05) is 15.2 Å². The van der Waals surface area contributed by atoms with Gasteiger partial charge < -0.3 is 0 Å². The summed E-state index contributed by atoms with van der Waals surface area (Å²) in [5, 5.41) is 8.16. The van der Waals surface area contributed by atoms with E-state index in [1.165, 1.54) is 42.1 Å². The number of hydrogen-bond acceptors (Lipinski definition) is 1. The molecule has 1 aliphatic rings. The first kappa shape index (κ1) is 9.88. The molecule has 0 atom stereocenters. The van der Waals surface area contributed by atoms with Crippen LogP contribution in [0.25, 0.3) is 32.3 Å². The van der Waals surface area contributed by atoms with Crippen molar-refractivity contribution in [2.75, 3.05) is 0 Å². The van der Waals surface area contributed by atoms with Crippen molar-refractivity contribution in [3.8, 4) is 0 Å². The molecule has 0 bridgehead atoms. The first-order valence-corrected chi connectivity index (χ1v) is 7.28. The zero-order valence-electron chi connectivity index (χ0n) is 10.2. The maximum absolute atomic E-state index is 2.34. The molecule has 0 fully saturated rings. The molecule has 1 aliphatic heterocycles. The van der Waals surface area contributed by atoms with Gasteiger partial charge in [0.2, 0.25) is 0 Å². The van der Waals surface area contributed by atoms with Gasteiger partial charge in [-0.3, -0.25) is 0 Å². The van der Waals surface area contributed by atoms with Gasteiger partial charge in [0.15, 0.2) is 0 Å². The minimum atomic E-state index is 1.32. The summed E-state index contributed by atoms with van der Waals surface area (Å²) in [4.78, 5) is 2.91. The van der Waals surface area contributed by atoms with Crippen molar-refractivity contribution in [2.24, 2.45) is 0 Å². The van der Waals surface area contributed by atoms with Crippen molar-refractivity contribution < 1.29 is 0 Å². The molecule has 0 unspecified atom stereocenters. The highest BCUT2D eigenvalue weighted by Crippen LogP contribution is 2.54. The molecular formula is C18H10S. The summed E-state index contributed by atoms with van der Waals surface area (Å²) in [6.07, 6.45) is 0. The molecule has 0 aliphatic carbocycles. The molecule has 5 rings (SSSR count). The third kappa shape index (κ3) is 1.31. The van der Waals surface area contributed by atoms with Gasteiger partial charge in [-0.1, -0.05) is 54.2 Å². The summed E-state index contributed by atoms with van der Waals surface area (Å²) in [6, 6.07) is 22.2. The van der Waals surface area contributed by atoms with Gasteiger partial charge in [0.25, 0.3) is 0 Å². The molecule has 0 saturated carbocycles. The zero-order chi connectivity index (χ0) is 12.4. The molecule has 1 heterocycles. The van der Waals surface area contributed by atoms with E-state index >= 15 is 0 Å². The van der Waals surface area contributed by atoms with Crippen LogP contribution in [0.15, 0.2) is 70.5 Å². The fraction of sp³-hybridized carbons (Fsp3) is 0. The molecule has 0 N–H and O–H groups in total. The van der Waals surface area contributed by atoms with Gasteiger partial charge in [-0.25, -0.2) is 0 Å². The van der Waals surface area contributed by atoms with E-state index in [0.717, 1.165) is 0 Å². The quantitative estimate of drug-likeness (QED) is 0.197. The van der Waals surface area contributed by atoms with Crippen LogP contribution in [0, 0.1) is 0 Å². The SMILES string of the molecule is c1ccc2cc3c(ccc4ccc5c(c43)S5)cc2c1. The lowest BCUT2D eigenvalue weighted by atomic mass is 9.98. The van der Waals surface area contributed by atoms with Crippen molar-refractivity contribution in [3.63, 3.8) is 0 Å². The molecule has 88 valence electrons. The van der Waals surface area contributed by atoms with Crippen molar-refractivity contribution in [2.45, 2.75) is 9.79 Å². The van der Waals surface area contributed by atoms with Crippen molar-refractivity contribution in [1.29, 1.82) is 0 Å². The predicted molar refractivity (Wildman–Crippen MR) is 83.1 cm³/mol. The standard InChI is InChI=1S/C18H10S/c1-2-4-13-10-15-14(9-12(13)3-1)6-5-11-7-8-16-18(19-16)17(11)15/h1-10H. The third-order valence-electron chi connectivity index (χ3n) is 3.95. The van der Waals surface area contributed by atoms with Crippen LogP contribution in [0.1, 0.15) is 0 Å². The van der Waals surface area contributed by atoms with Crippen LogP contribution in [0.2, 0.25) is 0 Å². The lowest BCUT2D eigenvalue weighted by molar-refractivity contribution is 1.45. The van der Waals surface area contributed by atoms with Gasteiger partial charge in [-0.05, 0) is 45.1 Å². The Morgan fingerprint density at radius 3 is 2.26 bits per heavy atom. The van der Waals surface area contributed by atoms with Gasteiger partial charge >= 0.3 is 0 Å². The Morgan fingerprint density at radius 2 is 1.37 bits per heavy atom. The van der Waals surface area contributed by atoms with E-state index in [0.29, 0.717) is 0 Å². The fourth-order valence-corrected chi connectivity index (χ4v) is 3.76. The highest BCUT2D eigenvalue weighted by Gasteiger charge is 2.22. The molecule has 19 heavy (non-hydrogen) atoms. The monoisotopic (exact) mass is 258 g/mol. The van der Waals surface area contributed by atoms with E-state index in [-0.39, 0.29) is 0 Å². The van der Waals surface area contributed by atoms with Gasteiger partial charge in [0.05, 0.1) is 0 Å². The zero-order valence-corrected chi connectivity index (χ0v) is 11.0. The van der Waals surface area contributed by atoms with Gasteiger partial charge in [-0.15, -0.1) is 0 Å². The molecule has 0 spiro atoms. The Kier molecular flexibility index (Phi) is 1.72.